The highest BCUT2D eigenvalue weighted by Crippen LogP contribution is 2.30. The second-order valence-corrected chi connectivity index (χ2v) is 7.49. The number of thioether (sulfide) groups is 1. The molecule has 7 heteroatoms. The zero-order valence-electron chi connectivity index (χ0n) is 13.6. The molecule has 0 spiro atoms. The van der Waals surface area contributed by atoms with E-state index in [4.69, 9.17) is 4.74 Å². The van der Waals surface area contributed by atoms with E-state index in [1.165, 1.54) is 16.6 Å². The summed E-state index contributed by atoms with van der Waals surface area (Å²) in [6.45, 7) is 4.01. The average Bonchev–Trinajstić information content (AvgIpc) is 2.94. The SMILES string of the molecule is COc1ccc(C)cc1NC(=O)CSc1ncnc2sc(C)cc12. The van der Waals surface area contributed by atoms with E-state index < -0.39 is 0 Å². The Hall–Kier alpha value is -2.12. The fourth-order valence-corrected chi connectivity index (χ4v) is 3.99. The molecular formula is C17H17N3O2S2. The van der Waals surface area contributed by atoms with Gasteiger partial charge in [-0.3, -0.25) is 4.79 Å². The van der Waals surface area contributed by atoms with Crippen LogP contribution in [-0.2, 0) is 4.79 Å². The monoisotopic (exact) mass is 359 g/mol. The number of aryl methyl sites for hydroxylation is 2. The van der Waals surface area contributed by atoms with Gasteiger partial charge < -0.3 is 10.1 Å². The summed E-state index contributed by atoms with van der Waals surface area (Å²) in [7, 11) is 1.59. The Balaban J connectivity index is 1.70. The summed E-state index contributed by atoms with van der Waals surface area (Å²) in [5.74, 6) is 0.831. The Labute approximate surface area is 148 Å². The highest BCUT2D eigenvalue weighted by atomic mass is 32.2. The number of nitrogens with one attached hydrogen (secondary N) is 1. The van der Waals surface area contributed by atoms with Crippen molar-refractivity contribution in [2.75, 3.05) is 18.2 Å². The summed E-state index contributed by atoms with van der Waals surface area (Å²) < 4.78 is 5.28. The van der Waals surface area contributed by atoms with Crippen molar-refractivity contribution < 1.29 is 9.53 Å². The standard InChI is InChI=1S/C17H17N3O2S2/c1-10-4-5-14(22-3)13(6-10)20-15(21)8-23-16-12-7-11(2)24-17(12)19-9-18-16/h4-7,9H,8H2,1-3H3,(H,20,21). The van der Waals surface area contributed by atoms with Crippen LogP contribution in [0.5, 0.6) is 5.75 Å². The number of aromatic nitrogens is 2. The van der Waals surface area contributed by atoms with E-state index in [9.17, 15) is 4.79 Å². The van der Waals surface area contributed by atoms with E-state index in [0.717, 1.165) is 20.8 Å². The van der Waals surface area contributed by atoms with Gasteiger partial charge in [0.05, 0.1) is 18.6 Å². The normalized spacial score (nSPS) is 10.8. The molecule has 1 amide bonds. The lowest BCUT2D eigenvalue weighted by atomic mass is 10.2. The van der Waals surface area contributed by atoms with Crippen molar-refractivity contribution in [2.45, 2.75) is 18.9 Å². The Kier molecular flexibility index (Phi) is 5.01. The number of nitrogens with zero attached hydrogens (tertiary/aromatic N) is 2. The van der Waals surface area contributed by atoms with Gasteiger partial charge in [-0.2, -0.15) is 0 Å². The third kappa shape index (κ3) is 3.68. The second kappa shape index (κ2) is 7.19. The summed E-state index contributed by atoms with van der Waals surface area (Å²) in [4.78, 5) is 23.0. The summed E-state index contributed by atoms with van der Waals surface area (Å²) >= 11 is 3.04. The number of ether oxygens (including phenoxy) is 1. The van der Waals surface area contributed by atoms with E-state index in [1.54, 1.807) is 24.8 Å². The molecule has 3 aromatic rings. The van der Waals surface area contributed by atoms with E-state index in [2.05, 4.69) is 21.4 Å². The van der Waals surface area contributed by atoms with Gasteiger partial charge in [-0.25, -0.2) is 9.97 Å². The topological polar surface area (TPSA) is 64.1 Å². The van der Waals surface area contributed by atoms with Crippen LogP contribution in [0, 0.1) is 13.8 Å². The number of hydrogen-bond donors (Lipinski definition) is 1. The molecule has 0 saturated heterocycles. The van der Waals surface area contributed by atoms with Crippen molar-refractivity contribution in [2.24, 2.45) is 0 Å². The van der Waals surface area contributed by atoms with E-state index in [-0.39, 0.29) is 11.7 Å². The van der Waals surface area contributed by atoms with Crippen molar-refractivity contribution in [3.05, 3.63) is 41.0 Å². The predicted molar refractivity (Wildman–Crippen MR) is 99.2 cm³/mol. The number of methoxy groups -OCH3 is 1. The molecule has 24 heavy (non-hydrogen) atoms. The molecule has 124 valence electrons. The van der Waals surface area contributed by atoms with E-state index >= 15 is 0 Å². The predicted octanol–water partition coefficient (Wildman–Crippen LogP) is 4.05. The Morgan fingerprint density at radius 1 is 1.29 bits per heavy atom. The maximum absolute atomic E-state index is 12.3. The van der Waals surface area contributed by atoms with Gasteiger partial charge in [-0.1, -0.05) is 17.8 Å². The van der Waals surface area contributed by atoms with Crippen LogP contribution in [0.2, 0.25) is 0 Å². The van der Waals surface area contributed by atoms with E-state index in [1.807, 2.05) is 32.0 Å². The number of anilines is 1. The highest BCUT2D eigenvalue weighted by molar-refractivity contribution is 8.00. The van der Waals surface area contributed by atoms with Gasteiger partial charge >= 0.3 is 0 Å². The van der Waals surface area contributed by atoms with Crippen LogP contribution in [0.15, 0.2) is 35.6 Å². The smallest absolute Gasteiger partial charge is 0.234 e. The number of carbonyl (C=O) groups is 1. The minimum atomic E-state index is -0.0948. The third-order valence-electron chi connectivity index (χ3n) is 3.39. The number of fused-ring (bicyclic) bond motifs is 1. The zero-order chi connectivity index (χ0) is 17.1. The van der Waals surface area contributed by atoms with Gasteiger partial charge in [0.25, 0.3) is 0 Å². The van der Waals surface area contributed by atoms with Crippen molar-refractivity contribution in [1.29, 1.82) is 0 Å². The van der Waals surface area contributed by atoms with Gasteiger partial charge in [0.1, 0.15) is 21.9 Å². The molecule has 0 bridgehead atoms. The van der Waals surface area contributed by atoms with Crippen LogP contribution in [-0.4, -0.2) is 28.7 Å². The van der Waals surface area contributed by atoms with Crippen LogP contribution in [0.1, 0.15) is 10.4 Å². The van der Waals surface area contributed by atoms with Gasteiger partial charge in [-0.05, 0) is 37.6 Å². The van der Waals surface area contributed by atoms with Crippen molar-refractivity contribution >= 4 is 44.9 Å². The molecule has 0 aliphatic rings. The van der Waals surface area contributed by atoms with Gasteiger partial charge in [0.2, 0.25) is 5.91 Å². The molecule has 2 aromatic heterocycles. The number of benzene rings is 1. The lowest BCUT2D eigenvalue weighted by molar-refractivity contribution is -0.113. The molecule has 1 aromatic carbocycles. The Bertz CT molecular complexity index is 893. The summed E-state index contributed by atoms with van der Waals surface area (Å²) in [5.41, 5.74) is 1.74. The maximum Gasteiger partial charge on any atom is 0.234 e. The Morgan fingerprint density at radius 2 is 2.12 bits per heavy atom. The molecule has 1 N–H and O–H groups in total. The molecule has 0 atom stereocenters. The molecule has 0 fully saturated rings. The molecule has 0 aliphatic carbocycles. The molecule has 0 aliphatic heterocycles. The molecule has 5 nitrogen and oxygen atoms in total. The lowest BCUT2D eigenvalue weighted by Gasteiger charge is -2.11. The first kappa shape index (κ1) is 16.7. The summed E-state index contributed by atoms with van der Waals surface area (Å²) in [6.07, 6.45) is 1.54. The fraction of sp³-hybridized carbons (Fsp3) is 0.235. The van der Waals surface area contributed by atoms with Crippen LogP contribution in [0.25, 0.3) is 10.2 Å². The van der Waals surface area contributed by atoms with Gasteiger partial charge in [0.15, 0.2) is 0 Å². The van der Waals surface area contributed by atoms with Crippen LogP contribution < -0.4 is 10.1 Å². The Morgan fingerprint density at radius 3 is 2.92 bits per heavy atom. The minimum Gasteiger partial charge on any atom is -0.495 e. The van der Waals surface area contributed by atoms with Crippen molar-refractivity contribution in [1.82, 2.24) is 9.97 Å². The highest BCUT2D eigenvalue weighted by Gasteiger charge is 2.12. The quantitative estimate of drug-likeness (QED) is 0.550. The van der Waals surface area contributed by atoms with Crippen LogP contribution >= 0.6 is 23.1 Å². The van der Waals surface area contributed by atoms with Crippen molar-refractivity contribution in [3.8, 4) is 5.75 Å². The van der Waals surface area contributed by atoms with E-state index in [0.29, 0.717) is 11.4 Å². The molecular weight excluding hydrogens is 342 g/mol. The third-order valence-corrected chi connectivity index (χ3v) is 5.35. The first-order valence-corrected chi connectivity index (χ1v) is 9.15. The fourth-order valence-electron chi connectivity index (χ4n) is 2.31. The number of amides is 1. The van der Waals surface area contributed by atoms with Crippen LogP contribution in [0.3, 0.4) is 0 Å². The van der Waals surface area contributed by atoms with Crippen molar-refractivity contribution in [3.63, 3.8) is 0 Å². The van der Waals surface area contributed by atoms with Gasteiger partial charge in [-0.15, -0.1) is 11.3 Å². The molecule has 0 saturated carbocycles. The number of rotatable bonds is 5. The number of hydrogen-bond acceptors (Lipinski definition) is 6. The lowest BCUT2D eigenvalue weighted by Crippen LogP contribution is -2.15. The maximum atomic E-state index is 12.3. The molecule has 0 unspecified atom stereocenters. The summed E-state index contributed by atoms with van der Waals surface area (Å²) in [5, 5.41) is 4.74. The average molecular weight is 359 g/mol. The molecule has 3 rings (SSSR count). The second-order valence-electron chi connectivity index (χ2n) is 5.30. The number of thiophene rings is 1. The first-order chi connectivity index (χ1) is 11.6. The first-order valence-electron chi connectivity index (χ1n) is 7.35. The largest absolute Gasteiger partial charge is 0.495 e. The number of carbonyl (C=O) groups excluding carboxylic acids is 1. The molecule has 2 heterocycles. The zero-order valence-corrected chi connectivity index (χ0v) is 15.3. The molecule has 0 radical (unpaired) electrons. The van der Waals surface area contributed by atoms with Gasteiger partial charge in [0, 0.05) is 10.3 Å². The summed E-state index contributed by atoms with van der Waals surface area (Å²) in [6, 6.07) is 7.75. The van der Waals surface area contributed by atoms with Crippen LogP contribution in [0.4, 0.5) is 5.69 Å². The minimum absolute atomic E-state index is 0.0948.